The number of rotatable bonds is 9. The Morgan fingerprint density at radius 3 is 2.57 bits per heavy atom. The third-order valence-electron chi connectivity index (χ3n) is 4.01. The Labute approximate surface area is 129 Å². The maximum atomic E-state index is 6.44. The highest BCUT2D eigenvalue weighted by molar-refractivity contribution is 5.39. The van der Waals surface area contributed by atoms with Crippen molar-refractivity contribution < 1.29 is 9.47 Å². The SMILES string of the molecule is CCC(C)N(CCOC)CC(N)c1cc(C)ccc1OC. The van der Waals surface area contributed by atoms with Crippen molar-refractivity contribution in [3.63, 3.8) is 0 Å². The summed E-state index contributed by atoms with van der Waals surface area (Å²) in [5.74, 6) is 0.865. The number of hydrogen-bond donors (Lipinski definition) is 1. The van der Waals surface area contributed by atoms with Crippen LogP contribution in [0.15, 0.2) is 18.2 Å². The van der Waals surface area contributed by atoms with Crippen LogP contribution in [0.4, 0.5) is 0 Å². The largest absolute Gasteiger partial charge is 0.496 e. The molecule has 21 heavy (non-hydrogen) atoms. The number of nitrogens with two attached hydrogens (primary N) is 1. The van der Waals surface area contributed by atoms with Crippen LogP contribution in [-0.4, -0.2) is 44.9 Å². The quantitative estimate of drug-likeness (QED) is 0.761. The molecule has 0 bridgehead atoms. The van der Waals surface area contributed by atoms with Gasteiger partial charge in [0.2, 0.25) is 0 Å². The molecule has 2 N–H and O–H groups in total. The summed E-state index contributed by atoms with van der Waals surface area (Å²) in [5, 5.41) is 0. The molecule has 0 heterocycles. The average Bonchev–Trinajstić information content (AvgIpc) is 2.50. The maximum Gasteiger partial charge on any atom is 0.123 e. The van der Waals surface area contributed by atoms with Gasteiger partial charge in [-0.15, -0.1) is 0 Å². The Hall–Kier alpha value is -1.10. The lowest BCUT2D eigenvalue weighted by Gasteiger charge is -2.31. The normalized spacial score (nSPS) is 14.2. The Bertz CT molecular complexity index is 423. The van der Waals surface area contributed by atoms with E-state index < -0.39 is 0 Å². The molecule has 0 fully saturated rings. The molecule has 0 aliphatic heterocycles. The van der Waals surface area contributed by atoms with Crippen molar-refractivity contribution in [2.45, 2.75) is 39.3 Å². The number of benzene rings is 1. The topological polar surface area (TPSA) is 47.7 Å². The summed E-state index contributed by atoms with van der Waals surface area (Å²) in [6, 6.07) is 6.58. The molecule has 2 unspecified atom stereocenters. The van der Waals surface area contributed by atoms with E-state index >= 15 is 0 Å². The van der Waals surface area contributed by atoms with Gasteiger partial charge in [0.25, 0.3) is 0 Å². The van der Waals surface area contributed by atoms with Crippen molar-refractivity contribution in [2.24, 2.45) is 5.73 Å². The molecule has 0 saturated heterocycles. The second-order valence-corrected chi connectivity index (χ2v) is 5.60. The fourth-order valence-corrected chi connectivity index (χ4v) is 2.45. The first-order valence-electron chi connectivity index (χ1n) is 7.66. The van der Waals surface area contributed by atoms with Gasteiger partial charge in [0.1, 0.15) is 5.75 Å². The Morgan fingerprint density at radius 2 is 2.00 bits per heavy atom. The minimum atomic E-state index is -0.0642. The van der Waals surface area contributed by atoms with E-state index in [0.717, 1.165) is 37.4 Å². The zero-order chi connectivity index (χ0) is 15.8. The molecule has 0 saturated carbocycles. The van der Waals surface area contributed by atoms with Gasteiger partial charge in [-0.05, 0) is 26.3 Å². The van der Waals surface area contributed by atoms with Crippen molar-refractivity contribution in [1.29, 1.82) is 0 Å². The molecule has 0 radical (unpaired) electrons. The van der Waals surface area contributed by atoms with Gasteiger partial charge >= 0.3 is 0 Å². The molecule has 0 aliphatic carbocycles. The van der Waals surface area contributed by atoms with E-state index in [1.165, 1.54) is 5.56 Å². The molecule has 2 atom stereocenters. The van der Waals surface area contributed by atoms with Crippen molar-refractivity contribution in [2.75, 3.05) is 33.9 Å². The van der Waals surface area contributed by atoms with Crippen LogP contribution < -0.4 is 10.5 Å². The number of nitrogens with zero attached hydrogens (tertiary/aromatic N) is 1. The molecular formula is C17H30N2O2. The molecule has 4 heteroatoms. The third-order valence-corrected chi connectivity index (χ3v) is 4.01. The van der Waals surface area contributed by atoms with Crippen molar-refractivity contribution in [3.8, 4) is 5.75 Å². The van der Waals surface area contributed by atoms with Gasteiger partial charge < -0.3 is 15.2 Å². The van der Waals surface area contributed by atoms with Crippen LogP contribution in [0.25, 0.3) is 0 Å². The molecule has 0 aromatic heterocycles. The molecule has 0 amide bonds. The second kappa shape index (κ2) is 9.03. The van der Waals surface area contributed by atoms with E-state index in [9.17, 15) is 0 Å². The van der Waals surface area contributed by atoms with E-state index in [4.69, 9.17) is 15.2 Å². The van der Waals surface area contributed by atoms with Gasteiger partial charge in [0.05, 0.1) is 13.7 Å². The van der Waals surface area contributed by atoms with Gasteiger partial charge in [-0.25, -0.2) is 0 Å². The fourth-order valence-electron chi connectivity index (χ4n) is 2.45. The van der Waals surface area contributed by atoms with Gasteiger partial charge in [-0.1, -0.05) is 24.6 Å². The van der Waals surface area contributed by atoms with Crippen LogP contribution in [0.3, 0.4) is 0 Å². The number of ether oxygens (including phenoxy) is 2. The minimum absolute atomic E-state index is 0.0642. The standard InChI is InChI=1S/C17H30N2O2/c1-6-14(3)19(9-10-20-4)12-16(18)15-11-13(2)7-8-17(15)21-5/h7-8,11,14,16H,6,9-10,12,18H2,1-5H3. The Morgan fingerprint density at radius 1 is 1.29 bits per heavy atom. The molecule has 1 aromatic carbocycles. The fraction of sp³-hybridized carbons (Fsp3) is 0.647. The average molecular weight is 294 g/mol. The van der Waals surface area contributed by atoms with E-state index in [1.807, 2.05) is 12.1 Å². The summed E-state index contributed by atoms with van der Waals surface area (Å²) < 4.78 is 10.7. The first-order valence-corrected chi connectivity index (χ1v) is 7.66. The number of hydrogen-bond acceptors (Lipinski definition) is 4. The van der Waals surface area contributed by atoms with E-state index in [2.05, 4.69) is 31.7 Å². The number of methoxy groups -OCH3 is 2. The smallest absolute Gasteiger partial charge is 0.123 e. The van der Waals surface area contributed by atoms with Crippen LogP contribution in [0.2, 0.25) is 0 Å². The highest BCUT2D eigenvalue weighted by atomic mass is 16.5. The van der Waals surface area contributed by atoms with Crippen LogP contribution in [0, 0.1) is 6.92 Å². The summed E-state index contributed by atoms with van der Waals surface area (Å²) in [7, 11) is 3.43. The number of aryl methyl sites for hydroxylation is 1. The van der Waals surface area contributed by atoms with Crippen molar-refractivity contribution in [1.82, 2.24) is 4.90 Å². The predicted octanol–water partition coefficient (Wildman–Crippen LogP) is 2.75. The van der Waals surface area contributed by atoms with Crippen molar-refractivity contribution in [3.05, 3.63) is 29.3 Å². The zero-order valence-corrected chi connectivity index (χ0v) is 14.1. The highest BCUT2D eigenvalue weighted by Crippen LogP contribution is 2.26. The van der Waals surface area contributed by atoms with Crippen LogP contribution >= 0.6 is 0 Å². The van der Waals surface area contributed by atoms with E-state index in [0.29, 0.717) is 6.04 Å². The van der Waals surface area contributed by atoms with Gasteiger partial charge in [-0.2, -0.15) is 0 Å². The molecule has 1 aromatic rings. The van der Waals surface area contributed by atoms with E-state index in [-0.39, 0.29) is 6.04 Å². The molecule has 4 nitrogen and oxygen atoms in total. The van der Waals surface area contributed by atoms with Gasteiger partial charge in [0, 0.05) is 37.8 Å². The van der Waals surface area contributed by atoms with Gasteiger partial charge in [0.15, 0.2) is 0 Å². The molecule has 1 rings (SSSR count). The monoisotopic (exact) mass is 294 g/mol. The lowest BCUT2D eigenvalue weighted by atomic mass is 10.0. The summed E-state index contributed by atoms with van der Waals surface area (Å²) >= 11 is 0. The summed E-state index contributed by atoms with van der Waals surface area (Å²) in [6.45, 7) is 8.93. The van der Waals surface area contributed by atoms with Gasteiger partial charge in [-0.3, -0.25) is 4.90 Å². The molecule has 120 valence electrons. The third kappa shape index (κ3) is 5.30. The minimum Gasteiger partial charge on any atom is -0.496 e. The highest BCUT2D eigenvalue weighted by Gasteiger charge is 2.19. The Kier molecular flexibility index (Phi) is 7.72. The predicted molar refractivity (Wildman–Crippen MR) is 87.9 cm³/mol. The first-order chi connectivity index (χ1) is 10.0. The van der Waals surface area contributed by atoms with Crippen LogP contribution in [-0.2, 0) is 4.74 Å². The Balaban J connectivity index is 2.85. The van der Waals surface area contributed by atoms with Crippen LogP contribution in [0.1, 0.15) is 37.4 Å². The zero-order valence-electron chi connectivity index (χ0n) is 14.1. The van der Waals surface area contributed by atoms with Crippen LogP contribution in [0.5, 0.6) is 5.75 Å². The molecular weight excluding hydrogens is 264 g/mol. The molecule has 0 spiro atoms. The first kappa shape index (κ1) is 18.0. The lowest BCUT2D eigenvalue weighted by molar-refractivity contribution is 0.118. The summed E-state index contributed by atoms with van der Waals surface area (Å²) in [5.41, 5.74) is 8.72. The lowest BCUT2D eigenvalue weighted by Crippen LogP contribution is -2.40. The maximum absolute atomic E-state index is 6.44. The summed E-state index contributed by atoms with van der Waals surface area (Å²) in [6.07, 6.45) is 1.10. The van der Waals surface area contributed by atoms with E-state index in [1.54, 1.807) is 14.2 Å². The van der Waals surface area contributed by atoms with Crippen molar-refractivity contribution >= 4 is 0 Å². The summed E-state index contributed by atoms with van der Waals surface area (Å²) in [4.78, 5) is 2.38. The second-order valence-electron chi connectivity index (χ2n) is 5.60. The molecule has 0 aliphatic rings.